The number of nitrogens with one attached hydrogen (secondary N) is 1. The number of amides is 1. The van der Waals surface area contributed by atoms with Crippen molar-refractivity contribution in [3.8, 4) is 0 Å². The average Bonchev–Trinajstić information content (AvgIpc) is 3.20. The Bertz CT molecular complexity index is 2110. The summed E-state index contributed by atoms with van der Waals surface area (Å²) in [6, 6.07) is 14.8. The Morgan fingerprint density at radius 1 is 0.917 bits per heavy atom. The highest BCUT2D eigenvalue weighted by Gasteiger charge is 2.78. The van der Waals surface area contributed by atoms with E-state index in [0.717, 1.165) is 13.8 Å². The average molecular weight is 832 g/mol. The van der Waals surface area contributed by atoms with Crippen LogP contribution in [0.5, 0.6) is 0 Å². The number of Topliss-reactive ketones (excluding diaryl/α,β-unsaturated/α-hetero) is 1. The lowest BCUT2D eigenvalue weighted by molar-refractivity contribution is -0.346. The van der Waals surface area contributed by atoms with Gasteiger partial charge in [-0.3, -0.25) is 19.2 Å². The SMILES string of the molecule is CC=C(C)C(=O)N[C@@H](c1ccccc1)[C@@H](O)C(=O)O[C@H]1C[C@@]2(O)[C@@H](OC(=O)c3ccccc3)[C@@H]3[C@]4(OC(C)=O)CO[C@@H]4C[C@@H](O)[C@@]3(C)C(=O)[C@H](OC(C)=O)C(=C1C)C2(C)C. The first kappa shape index (κ1) is 44.3. The molecule has 2 bridgehead atoms. The van der Waals surface area contributed by atoms with Crippen LogP contribution in [0.25, 0.3) is 0 Å². The predicted octanol–water partition coefficient (Wildman–Crippen LogP) is 3.39. The Morgan fingerprint density at radius 2 is 1.53 bits per heavy atom. The summed E-state index contributed by atoms with van der Waals surface area (Å²) in [4.78, 5) is 82.9. The minimum absolute atomic E-state index is 0.00140. The van der Waals surface area contributed by atoms with Crippen LogP contribution in [0, 0.1) is 16.7 Å². The van der Waals surface area contributed by atoms with E-state index in [2.05, 4.69) is 5.32 Å². The molecule has 2 aromatic rings. The highest BCUT2D eigenvalue weighted by atomic mass is 16.6. The fraction of sp³-hybridized carbons (Fsp3) is 0.511. The molecule has 2 saturated carbocycles. The highest BCUT2D eigenvalue weighted by Crippen LogP contribution is 2.64. The maximum Gasteiger partial charge on any atom is 0.338 e. The van der Waals surface area contributed by atoms with Crippen molar-refractivity contribution in [1.29, 1.82) is 0 Å². The number of rotatable bonds is 10. The maximum absolute atomic E-state index is 15.4. The molecule has 1 heterocycles. The van der Waals surface area contributed by atoms with Gasteiger partial charge in [-0.2, -0.15) is 0 Å². The summed E-state index contributed by atoms with van der Waals surface area (Å²) >= 11 is 0. The van der Waals surface area contributed by atoms with Crippen LogP contribution in [0.3, 0.4) is 0 Å². The first-order valence-electron chi connectivity index (χ1n) is 19.9. The molecular weight excluding hydrogens is 778 g/mol. The number of esters is 4. The third kappa shape index (κ3) is 7.24. The van der Waals surface area contributed by atoms with Crippen LogP contribution in [0.15, 0.2) is 83.5 Å². The maximum atomic E-state index is 15.4. The van der Waals surface area contributed by atoms with Gasteiger partial charge in [0.2, 0.25) is 5.91 Å². The van der Waals surface area contributed by atoms with Crippen molar-refractivity contribution < 1.29 is 67.8 Å². The number of allylic oxidation sites excluding steroid dienone is 1. The molecule has 15 nitrogen and oxygen atoms in total. The monoisotopic (exact) mass is 831 g/mol. The molecule has 1 aliphatic heterocycles. The molecule has 0 unspecified atom stereocenters. The largest absolute Gasteiger partial charge is 0.456 e. The van der Waals surface area contributed by atoms with Crippen molar-refractivity contribution in [2.75, 3.05) is 6.61 Å². The van der Waals surface area contributed by atoms with Crippen LogP contribution in [0.2, 0.25) is 0 Å². The molecular formula is C45H53NO14. The van der Waals surface area contributed by atoms with Gasteiger partial charge < -0.3 is 44.3 Å². The third-order valence-electron chi connectivity index (χ3n) is 13.2. The molecule has 0 spiro atoms. The summed E-state index contributed by atoms with van der Waals surface area (Å²) in [5.41, 5.74) is -6.91. The van der Waals surface area contributed by atoms with E-state index in [-0.39, 0.29) is 29.7 Å². The molecule has 3 aliphatic carbocycles. The van der Waals surface area contributed by atoms with Gasteiger partial charge in [-0.25, -0.2) is 9.59 Å². The standard InChI is InChI=1S/C45H53NO14/c1-9-23(2)39(52)46-33(27-16-12-10-13-17-27)34(50)41(54)58-29-21-45(55)38(59-40(53)28-18-14-11-15-19-28)36-43(8,30(49)20-31-44(36,22-56-31)60-26(5)48)37(51)35(57-25(4)47)32(24(29)3)42(45,6)7/h9-19,29-31,33-36,38,49-50,55H,20-22H2,1-8H3,(H,46,52)/t29-,30+,31+,33-,34+,35+,36-,38-,43+,44-,45+/m0/s1. The zero-order valence-corrected chi connectivity index (χ0v) is 34.9. The zero-order chi connectivity index (χ0) is 44.1. The van der Waals surface area contributed by atoms with Crippen LogP contribution in [0.4, 0.5) is 0 Å². The van der Waals surface area contributed by atoms with E-state index in [1.165, 1.54) is 26.0 Å². The van der Waals surface area contributed by atoms with Crippen LogP contribution in [-0.4, -0.2) is 105 Å². The number of aliphatic hydroxyl groups is 3. The van der Waals surface area contributed by atoms with Crippen molar-refractivity contribution in [3.63, 3.8) is 0 Å². The molecule has 4 aliphatic rings. The molecule has 0 aromatic heterocycles. The fourth-order valence-corrected chi connectivity index (χ4v) is 9.75. The van der Waals surface area contributed by atoms with Gasteiger partial charge in [0, 0.05) is 37.7 Å². The molecule has 2 aromatic carbocycles. The first-order valence-corrected chi connectivity index (χ1v) is 19.9. The molecule has 6 rings (SSSR count). The quantitative estimate of drug-likeness (QED) is 0.117. The van der Waals surface area contributed by atoms with E-state index in [1.54, 1.807) is 82.3 Å². The summed E-state index contributed by atoms with van der Waals surface area (Å²) in [7, 11) is 0. The lowest BCUT2D eigenvalue weighted by Crippen LogP contribution is -2.82. The molecule has 11 atom stereocenters. The van der Waals surface area contributed by atoms with Gasteiger partial charge in [0.1, 0.15) is 23.9 Å². The normalized spacial score (nSPS) is 32.9. The van der Waals surface area contributed by atoms with Crippen LogP contribution >= 0.6 is 0 Å². The van der Waals surface area contributed by atoms with Gasteiger partial charge in [0.25, 0.3) is 0 Å². The van der Waals surface area contributed by atoms with Crippen LogP contribution in [-0.2, 0) is 47.7 Å². The van der Waals surface area contributed by atoms with Crippen molar-refractivity contribution in [2.24, 2.45) is 16.7 Å². The molecule has 3 fully saturated rings. The number of hydrogen-bond donors (Lipinski definition) is 4. The number of ketones is 1. The van der Waals surface area contributed by atoms with Gasteiger partial charge in [-0.15, -0.1) is 0 Å². The second-order valence-electron chi connectivity index (χ2n) is 17.0. The van der Waals surface area contributed by atoms with E-state index in [9.17, 15) is 39.3 Å². The summed E-state index contributed by atoms with van der Waals surface area (Å²) < 4.78 is 30.2. The molecule has 60 heavy (non-hydrogen) atoms. The van der Waals surface area contributed by atoms with E-state index in [1.807, 2.05) is 0 Å². The minimum Gasteiger partial charge on any atom is -0.456 e. The number of carbonyl (C=O) groups is 6. The van der Waals surface area contributed by atoms with Crippen molar-refractivity contribution in [2.45, 2.75) is 122 Å². The fourth-order valence-electron chi connectivity index (χ4n) is 9.75. The highest BCUT2D eigenvalue weighted by molar-refractivity contribution is 5.96. The number of ether oxygens (including phenoxy) is 5. The molecule has 322 valence electrons. The van der Waals surface area contributed by atoms with Crippen LogP contribution < -0.4 is 5.32 Å². The smallest absolute Gasteiger partial charge is 0.338 e. The third-order valence-corrected chi connectivity index (χ3v) is 13.2. The van der Waals surface area contributed by atoms with Gasteiger partial charge in [0.15, 0.2) is 23.6 Å². The molecule has 1 saturated heterocycles. The Kier molecular flexibility index (Phi) is 12.1. The zero-order valence-electron chi connectivity index (χ0n) is 34.9. The van der Waals surface area contributed by atoms with E-state index in [0.29, 0.717) is 11.1 Å². The van der Waals surface area contributed by atoms with E-state index >= 15 is 4.79 Å². The van der Waals surface area contributed by atoms with Gasteiger partial charge in [0.05, 0.1) is 35.6 Å². The number of carbonyl (C=O) groups excluding carboxylic acids is 6. The van der Waals surface area contributed by atoms with Crippen molar-refractivity contribution in [1.82, 2.24) is 5.32 Å². The van der Waals surface area contributed by atoms with E-state index in [4.69, 9.17) is 23.7 Å². The number of fused-ring (bicyclic) bond motifs is 5. The minimum atomic E-state index is -2.38. The second kappa shape index (κ2) is 16.3. The molecule has 4 N–H and O–H groups in total. The van der Waals surface area contributed by atoms with E-state index < -0.39 is 113 Å². The van der Waals surface area contributed by atoms with Crippen LogP contribution in [0.1, 0.15) is 90.2 Å². The van der Waals surface area contributed by atoms with Gasteiger partial charge >= 0.3 is 23.9 Å². The summed E-state index contributed by atoms with van der Waals surface area (Å²) in [6.45, 7) is 11.2. The lowest BCUT2D eigenvalue weighted by Gasteiger charge is -2.67. The van der Waals surface area contributed by atoms with Gasteiger partial charge in [-0.05, 0) is 56.5 Å². The molecule has 15 heteroatoms. The second-order valence-corrected chi connectivity index (χ2v) is 17.0. The Balaban J connectivity index is 1.56. The Morgan fingerprint density at radius 3 is 2.08 bits per heavy atom. The topological polar surface area (TPSA) is 221 Å². The number of aliphatic hydroxyl groups excluding tert-OH is 2. The lowest BCUT2D eigenvalue weighted by atomic mass is 9.44. The first-order chi connectivity index (χ1) is 28.1. The predicted molar refractivity (Wildman–Crippen MR) is 211 cm³/mol. The van der Waals surface area contributed by atoms with Crippen molar-refractivity contribution >= 4 is 35.6 Å². The summed E-state index contributed by atoms with van der Waals surface area (Å²) in [6.07, 6.45) is -8.88. The summed E-state index contributed by atoms with van der Waals surface area (Å²) in [5.74, 6) is -6.78. The molecule has 1 amide bonds. The number of benzene rings is 2. The molecule has 0 radical (unpaired) electrons. The number of hydrogen-bond acceptors (Lipinski definition) is 14. The van der Waals surface area contributed by atoms with Crippen molar-refractivity contribution in [3.05, 3.63) is 94.6 Å². The Hall–Kier alpha value is -5.22. The Labute approximate surface area is 348 Å². The summed E-state index contributed by atoms with van der Waals surface area (Å²) in [5, 5.41) is 40.0. The van der Waals surface area contributed by atoms with Gasteiger partial charge in [-0.1, -0.05) is 68.5 Å².